The van der Waals surface area contributed by atoms with Gasteiger partial charge in [0.15, 0.2) is 0 Å². The molecule has 0 saturated heterocycles. The molecule has 1 aliphatic heterocycles. The summed E-state index contributed by atoms with van der Waals surface area (Å²) in [4.78, 5) is 0. The average Bonchev–Trinajstić information content (AvgIpc) is 2.68. The van der Waals surface area contributed by atoms with Crippen LogP contribution in [0.3, 0.4) is 0 Å². The topological polar surface area (TPSA) is 35.2 Å². The second kappa shape index (κ2) is 4.46. The van der Waals surface area contributed by atoms with Crippen LogP contribution < -0.4 is 10.5 Å². The van der Waals surface area contributed by atoms with Gasteiger partial charge in [0.05, 0.1) is 0 Å². The fraction of sp³-hybridized carbons (Fsp3) is 0.538. The van der Waals surface area contributed by atoms with Crippen molar-refractivity contribution in [2.75, 3.05) is 0 Å². The number of hydrogen-bond acceptors (Lipinski definition) is 2. The number of nitrogens with two attached hydrogens (primary N) is 1. The van der Waals surface area contributed by atoms with Crippen LogP contribution in [0.15, 0.2) is 18.2 Å². The summed E-state index contributed by atoms with van der Waals surface area (Å²) in [7, 11) is 0. The standard InChI is InChI=1S/C13H16FNO.ClH/c14-9-3-4-12-10(7-9)11(15)8-13(16-12)5-1-2-6-13;/h3-4,7,11H,1-2,5-6,8,15H2;1H. The molecule has 0 radical (unpaired) electrons. The van der Waals surface area contributed by atoms with Gasteiger partial charge in [0.2, 0.25) is 0 Å². The molecule has 1 aromatic carbocycles. The van der Waals surface area contributed by atoms with E-state index in [4.69, 9.17) is 10.5 Å². The Morgan fingerprint density at radius 3 is 2.71 bits per heavy atom. The second-order valence-corrected chi connectivity index (χ2v) is 4.98. The van der Waals surface area contributed by atoms with E-state index in [2.05, 4.69) is 0 Å². The lowest BCUT2D eigenvalue weighted by atomic mass is 9.86. The van der Waals surface area contributed by atoms with Crippen molar-refractivity contribution in [2.24, 2.45) is 5.73 Å². The Hall–Kier alpha value is -0.800. The molecule has 94 valence electrons. The fourth-order valence-corrected chi connectivity index (χ4v) is 3.01. The molecule has 1 unspecified atom stereocenters. The molecule has 1 aromatic rings. The maximum absolute atomic E-state index is 13.1. The molecule has 0 aromatic heterocycles. The third-order valence-corrected chi connectivity index (χ3v) is 3.80. The van der Waals surface area contributed by atoms with Crippen molar-refractivity contribution in [3.8, 4) is 5.75 Å². The lowest BCUT2D eigenvalue weighted by Crippen LogP contribution is -2.40. The van der Waals surface area contributed by atoms with Crippen LogP contribution in [0.4, 0.5) is 4.39 Å². The molecule has 2 N–H and O–H groups in total. The van der Waals surface area contributed by atoms with Crippen molar-refractivity contribution >= 4 is 12.4 Å². The summed E-state index contributed by atoms with van der Waals surface area (Å²) >= 11 is 0. The maximum atomic E-state index is 13.1. The minimum atomic E-state index is -0.236. The van der Waals surface area contributed by atoms with Crippen LogP contribution in [0.2, 0.25) is 0 Å². The first kappa shape index (κ1) is 12.7. The van der Waals surface area contributed by atoms with E-state index in [1.807, 2.05) is 0 Å². The summed E-state index contributed by atoms with van der Waals surface area (Å²) in [5.41, 5.74) is 6.87. The summed E-state index contributed by atoms with van der Waals surface area (Å²) in [6.07, 6.45) is 5.41. The molecule has 4 heteroatoms. The molecule has 1 saturated carbocycles. The third-order valence-electron chi connectivity index (χ3n) is 3.80. The Labute approximate surface area is 107 Å². The molecule has 17 heavy (non-hydrogen) atoms. The van der Waals surface area contributed by atoms with E-state index in [1.165, 1.54) is 25.0 Å². The monoisotopic (exact) mass is 257 g/mol. The van der Waals surface area contributed by atoms with Crippen LogP contribution in [-0.4, -0.2) is 5.60 Å². The Balaban J connectivity index is 0.00000108. The van der Waals surface area contributed by atoms with E-state index in [9.17, 15) is 4.39 Å². The predicted octanol–water partition coefficient (Wildman–Crippen LogP) is 3.34. The van der Waals surface area contributed by atoms with Crippen molar-refractivity contribution in [2.45, 2.75) is 43.7 Å². The minimum Gasteiger partial charge on any atom is -0.487 e. The molecule has 0 amide bonds. The largest absolute Gasteiger partial charge is 0.487 e. The van der Waals surface area contributed by atoms with E-state index >= 15 is 0 Å². The highest BCUT2D eigenvalue weighted by Gasteiger charge is 2.41. The van der Waals surface area contributed by atoms with Gasteiger partial charge in [-0.15, -0.1) is 12.4 Å². The van der Waals surface area contributed by atoms with Crippen molar-refractivity contribution in [1.29, 1.82) is 0 Å². The van der Waals surface area contributed by atoms with Crippen LogP contribution in [0.5, 0.6) is 5.75 Å². The van der Waals surface area contributed by atoms with E-state index < -0.39 is 0 Å². The van der Waals surface area contributed by atoms with Gasteiger partial charge in [0.25, 0.3) is 0 Å². The van der Waals surface area contributed by atoms with Gasteiger partial charge in [-0.25, -0.2) is 4.39 Å². The lowest BCUT2D eigenvalue weighted by Gasteiger charge is -2.38. The van der Waals surface area contributed by atoms with Gasteiger partial charge in [0, 0.05) is 18.0 Å². The summed E-state index contributed by atoms with van der Waals surface area (Å²) < 4.78 is 19.2. The smallest absolute Gasteiger partial charge is 0.125 e. The first-order valence-electron chi connectivity index (χ1n) is 5.93. The number of hydrogen-bond donors (Lipinski definition) is 1. The van der Waals surface area contributed by atoms with Crippen LogP contribution in [0.25, 0.3) is 0 Å². The lowest BCUT2D eigenvalue weighted by molar-refractivity contribution is 0.0424. The van der Waals surface area contributed by atoms with Crippen LogP contribution >= 0.6 is 12.4 Å². The van der Waals surface area contributed by atoms with Gasteiger partial charge in [-0.3, -0.25) is 0 Å². The molecular weight excluding hydrogens is 241 g/mol. The molecule has 2 nitrogen and oxygen atoms in total. The summed E-state index contributed by atoms with van der Waals surface area (Å²) in [5, 5.41) is 0. The SMILES string of the molecule is Cl.NC1CC2(CCCC2)Oc2ccc(F)cc21. The quantitative estimate of drug-likeness (QED) is 0.774. The number of halogens is 2. The van der Waals surface area contributed by atoms with Crippen molar-refractivity contribution in [1.82, 2.24) is 0 Å². The third kappa shape index (κ3) is 2.14. The van der Waals surface area contributed by atoms with E-state index in [1.54, 1.807) is 6.07 Å². The molecule has 1 heterocycles. The molecule has 1 spiro atoms. The average molecular weight is 258 g/mol. The van der Waals surface area contributed by atoms with E-state index in [0.29, 0.717) is 0 Å². The van der Waals surface area contributed by atoms with E-state index in [-0.39, 0.29) is 29.9 Å². The van der Waals surface area contributed by atoms with Gasteiger partial charge >= 0.3 is 0 Å². The Kier molecular flexibility index (Phi) is 3.32. The van der Waals surface area contributed by atoms with Gasteiger partial charge in [0.1, 0.15) is 17.2 Å². The van der Waals surface area contributed by atoms with Gasteiger partial charge in [-0.05, 0) is 43.9 Å². The van der Waals surface area contributed by atoms with Gasteiger partial charge < -0.3 is 10.5 Å². The summed E-state index contributed by atoms with van der Waals surface area (Å²) in [6, 6.07) is 4.57. The molecular formula is C13H17ClFNO. The molecule has 1 fully saturated rings. The second-order valence-electron chi connectivity index (χ2n) is 4.98. The van der Waals surface area contributed by atoms with Crippen molar-refractivity contribution in [3.63, 3.8) is 0 Å². The van der Waals surface area contributed by atoms with Crippen molar-refractivity contribution in [3.05, 3.63) is 29.6 Å². The first-order valence-corrected chi connectivity index (χ1v) is 5.93. The van der Waals surface area contributed by atoms with Crippen LogP contribution in [0.1, 0.15) is 43.7 Å². The minimum absolute atomic E-state index is 0. The zero-order chi connectivity index (χ0) is 11.2. The van der Waals surface area contributed by atoms with Gasteiger partial charge in [-0.2, -0.15) is 0 Å². The predicted molar refractivity (Wildman–Crippen MR) is 67.0 cm³/mol. The molecule has 0 bridgehead atoms. The number of benzene rings is 1. The summed E-state index contributed by atoms with van der Waals surface area (Å²) in [5.74, 6) is 0.544. The zero-order valence-electron chi connectivity index (χ0n) is 9.62. The Bertz CT molecular complexity index is 418. The number of rotatable bonds is 0. The summed E-state index contributed by atoms with van der Waals surface area (Å²) in [6.45, 7) is 0. The highest BCUT2D eigenvalue weighted by Crippen LogP contribution is 2.46. The fourth-order valence-electron chi connectivity index (χ4n) is 3.01. The normalized spacial score (nSPS) is 24.9. The number of fused-ring (bicyclic) bond motifs is 1. The molecule has 1 aliphatic carbocycles. The van der Waals surface area contributed by atoms with Crippen molar-refractivity contribution < 1.29 is 9.13 Å². The van der Waals surface area contributed by atoms with Crippen LogP contribution in [-0.2, 0) is 0 Å². The van der Waals surface area contributed by atoms with Gasteiger partial charge in [-0.1, -0.05) is 0 Å². The first-order chi connectivity index (χ1) is 7.69. The highest BCUT2D eigenvalue weighted by atomic mass is 35.5. The Morgan fingerprint density at radius 1 is 1.29 bits per heavy atom. The molecule has 2 aliphatic rings. The molecule has 3 rings (SSSR count). The zero-order valence-corrected chi connectivity index (χ0v) is 10.4. The Morgan fingerprint density at radius 2 is 2.00 bits per heavy atom. The molecule has 1 atom stereocenters. The van der Waals surface area contributed by atoms with E-state index in [0.717, 1.165) is 30.6 Å². The maximum Gasteiger partial charge on any atom is 0.125 e. The number of ether oxygens (including phenoxy) is 1. The highest BCUT2D eigenvalue weighted by molar-refractivity contribution is 5.85. The van der Waals surface area contributed by atoms with Crippen LogP contribution in [0, 0.1) is 5.82 Å².